The molecule has 4 nitrogen and oxygen atoms in total. The van der Waals surface area contributed by atoms with Gasteiger partial charge in [-0.2, -0.15) is 0 Å². The van der Waals surface area contributed by atoms with Crippen LogP contribution >= 0.6 is 0 Å². The summed E-state index contributed by atoms with van der Waals surface area (Å²) in [6.07, 6.45) is 2.19. The van der Waals surface area contributed by atoms with E-state index in [1.807, 2.05) is 19.1 Å². The number of fused-ring (bicyclic) bond motifs is 1. The van der Waals surface area contributed by atoms with Crippen molar-refractivity contribution in [2.24, 2.45) is 11.8 Å². The van der Waals surface area contributed by atoms with Gasteiger partial charge < -0.3 is 10.2 Å². The fourth-order valence-electron chi connectivity index (χ4n) is 3.79. The van der Waals surface area contributed by atoms with Crippen LogP contribution in [0.25, 0.3) is 0 Å². The van der Waals surface area contributed by atoms with Crippen LogP contribution in [0.2, 0.25) is 0 Å². The van der Waals surface area contributed by atoms with Crippen molar-refractivity contribution in [2.45, 2.75) is 32.7 Å². The first-order chi connectivity index (χ1) is 9.50. The van der Waals surface area contributed by atoms with Gasteiger partial charge in [0.25, 0.3) is 0 Å². The van der Waals surface area contributed by atoms with Crippen molar-refractivity contribution >= 4 is 5.91 Å². The molecule has 3 heterocycles. The van der Waals surface area contributed by atoms with Crippen LogP contribution < -0.4 is 5.32 Å². The van der Waals surface area contributed by atoms with E-state index in [4.69, 9.17) is 0 Å². The second-order valence-corrected chi connectivity index (χ2v) is 6.63. The van der Waals surface area contributed by atoms with Gasteiger partial charge in [-0.15, -0.1) is 0 Å². The van der Waals surface area contributed by atoms with Crippen molar-refractivity contribution in [1.29, 1.82) is 0 Å². The van der Waals surface area contributed by atoms with Gasteiger partial charge in [0.2, 0.25) is 5.91 Å². The van der Waals surface area contributed by atoms with Gasteiger partial charge in [0, 0.05) is 31.4 Å². The normalized spacial score (nSPS) is 27.6. The molecular weight excluding hydrogens is 250 g/mol. The van der Waals surface area contributed by atoms with E-state index in [1.165, 1.54) is 0 Å². The zero-order valence-corrected chi connectivity index (χ0v) is 12.5. The van der Waals surface area contributed by atoms with Crippen molar-refractivity contribution in [1.82, 2.24) is 15.2 Å². The molecule has 3 rings (SSSR count). The number of aryl methyl sites for hydroxylation is 1. The van der Waals surface area contributed by atoms with E-state index in [0.29, 0.717) is 18.3 Å². The number of nitrogens with one attached hydrogen (secondary N) is 1. The maximum absolute atomic E-state index is 12.7. The van der Waals surface area contributed by atoms with E-state index < -0.39 is 0 Å². The number of hydrogen-bond donors (Lipinski definition) is 1. The van der Waals surface area contributed by atoms with Gasteiger partial charge in [0.15, 0.2) is 0 Å². The van der Waals surface area contributed by atoms with Gasteiger partial charge in [-0.05, 0) is 44.2 Å². The van der Waals surface area contributed by atoms with Gasteiger partial charge in [0.1, 0.15) is 0 Å². The average Bonchev–Trinajstić information content (AvgIpc) is 2.95. The smallest absolute Gasteiger partial charge is 0.229 e. The van der Waals surface area contributed by atoms with Crippen molar-refractivity contribution in [3.05, 3.63) is 29.6 Å². The monoisotopic (exact) mass is 273 g/mol. The lowest BCUT2D eigenvalue weighted by Gasteiger charge is -2.35. The van der Waals surface area contributed by atoms with Crippen LogP contribution in [0.5, 0.6) is 0 Å². The van der Waals surface area contributed by atoms with E-state index in [9.17, 15) is 4.79 Å². The molecule has 0 spiro atoms. The number of pyridine rings is 1. The Morgan fingerprint density at radius 2 is 2.30 bits per heavy atom. The molecule has 1 N–H and O–H groups in total. The predicted octanol–water partition coefficient (Wildman–Crippen LogP) is 1.39. The zero-order valence-electron chi connectivity index (χ0n) is 12.5. The largest absolute Gasteiger partial charge is 0.337 e. The van der Waals surface area contributed by atoms with Crippen molar-refractivity contribution < 1.29 is 4.79 Å². The Hall–Kier alpha value is -1.42. The minimum absolute atomic E-state index is 0.0477. The van der Waals surface area contributed by atoms with Gasteiger partial charge in [-0.3, -0.25) is 9.78 Å². The topological polar surface area (TPSA) is 45.2 Å². The van der Waals surface area contributed by atoms with E-state index >= 15 is 0 Å². The highest BCUT2D eigenvalue weighted by atomic mass is 16.2. The van der Waals surface area contributed by atoms with Crippen LogP contribution in [0.4, 0.5) is 0 Å². The number of amides is 1. The molecule has 0 bridgehead atoms. The standard InChI is InChI=1S/C16H23N3O/c1-11-5-4-6-18-14(11)7-15(20)19-10-12-8-17-9-13(12)16(19,2)3/h4-6,12-13,17H,7-10H2,1-3H3. The molecule has 2 aliphatic rings. The summed E-state index contributed by atoms with van der Waals surface area (Å²) in [7, 11) is 0. The highest BCUT2D eigenvalue weighted by molar-refractivity contribution is 5.80. The van der Waals surface area contributed by atoms with Crippen molar-refractivity contribution in [2.75, 3.05) is 19.6 Å². The van der Waals surface area contributed by atoms with Gasteiger partial charge >= 0.3 is 0 Å². The van der Waals surface area contributed by atoms with E-state index in [-0.39, 0.29) is 11.4 Å². The number of hydrogen-bond acceptors (Lipinski definition) is 3. The predicted molar refractivity (Wildman–Crippen MR) is 78.3 cm³/mol. The Kier molecular flexibility index (Phi) is 3.28. The number of carbonyl (C=O) groups excluding carboxylic acids is 1. The summed E-state index contributed by atoms with van der Waals surface area (Å²) < 4.78 is 0. The summed E-state index contributed by atoms with van der Waals surface area (Å²) in [6, 6.07) is 3.93. The molecule has 2 aliphatic heterocycles. The lowest BCUT2D eigenvalue weighted by molar-refractivity contribution is -0.134. The number of nitrogens with zero attached hydrogens (tertiary/aromatic N) is 2. The lowest BCUT2D eigenvalue weighted by atomic mass is 9.85. The lowest BCUT2D eigenvalue weighted by Crippen LogP contribution is -2.48. The van der Waals surface area contributed by atoms with E-state index in [1.54, 1.807) is 6.20 Å². The Morgan fingerprint density at radius 3 is 3.00 bits per heavy atom. The Balaban J connectivity index is 1.77. The molecular formula is C16H23N3O. The number of carbonyl (C=O) groups is 1. The molecule has 0 radical (unpaired) electrons. The summed E-state index contributed by atoms with van der Waals surface area (Å²) in [5.74, 6) is 1.40. The Labute approximate surface area is 120 Å². The van der Waals surface area contributed by atoms with Crippen LogP contribution in [-0.4, -0.2) is 41.0 Å². The fraction of sp³-hybridized carbons (Fsp3) is 0.625. The molecule has 0 saturated carbocycles. The molecule has 0 aromatic carbocycles. The SMILES string of the molecule is Cc1cccnc1CC(=O)N1CC2CNCC2C1(C)C. The summed E-state index contributed by atoms with van der Waals surface area (Å²) in [4.78, 5) is 19.1. The van der Waals surface area contributed by atoms with E-state index in [0.717, 1.165) is 30.9 Å². The van der Waals surface area contributed by atoms with Gasteiger partial charge in [-0.1, -0.05) is 6.07 Å². The van der Waals surface area contributed by atoms with Gasteiger partial charge in [-0.25, -0.2) is 0 Å². The highest BCUT2D eigenvalue weighted by Crippen LogP contribution is 2.40. The molecule has 1 amide bonds. The molecule has 20 heavy (non-hydrogen) atoms. The first-order valence-corrected chi connectivity index (χ1v) is 7.42. The molecule has 108 valence electrons. The molecule has 0 aliphatic carbocycles. The average molecular weight is 273 g/mol. The van der Waals surface area contributed by atoms with Crippen LogP contribution in [0.3, 0.4) is 0 Å². The number of aromatic nitrogens is 1. The molecule has 2 fully saturated rings. The molecule has 2 saturated heterocycles. The maximum Gasteiger partial charge on any atom is 0.229 e. The third-order valence-corrected chi connectivity index (χ3v) is 5.10. The molecule has 1 aromatic heterocycles. The summed E-state index contributed by atoms with van der Waals surface area (Å²) in [5.41, 5.74) is 1.96. The zero-order chi connectivity index (χ0) is 14.3. The first-order valence-electron chi connectivity index (χ1n) is 7.42. The number of likely N-dealkylation sites (tertiary alicyclic amines) is 1. The van der Waals surface area contributed by atoms with Crippen LogP contribution in [0.15, 0.2) is 18.3 Å². The second-order valence-electron chi connectivity index (χ2n) is 6.63. The number of rotatable bonds is 2. The summed E-state index contributed by atoms with van der Waals surface area (Å²) in [6.45, 7) is 9.38. The quantitative estimate of drug-likeness (QED) is 0.885. The van der Waals surface area contributed by atoms with Gasteiger partial charge in [0.05, 0.1) is 12.1 Å². The molecule has 1 aromatic rings. The Morgan fingerprint density at radius 1 is 1.50 bits per heavy atom. The molecule has 4 heteroatoms. The van der Waals surface area contributed by atoms with Crippen molar-refractivity contribution in [3.8, 4) is 0 Å². The molecule has 2 unspecified atom stereocenters. The van der Waals surface area contributed by atoms with Crippen LogP contribution in [-0.2, 0) is 11.2 Å². The summed E-state index contributed by atoms with van der Waals surface area (Å²) >= 11 is 0. The summed E-state index contributed by atoms with van der Waals surface area (Å²) in [5, 5.41) is 3.45. The fourth-order valence-corrected chi connectivity index (χ4v) is 3.79. The highest BCUT2D eigenvalue weighted by Gasteiger charge is 2.51. The second kappa shape index (κ2) is 4.85. The molecule has 2 atom stereocenters. The third kappa shape index (κ3) is 2.12. The Bertz CT molecular complexity index is 526. The van der Waals surface area contributed by atoms with Crippen molar-refractivity contribution in [3.63, 3.8) is 0 Å². The maximum atomic E-state index is 12.7. The minimum Gasteiger partial charge on any atom is -0.337 e. The van der Waals surface area contributed by atoms with Crippen LogP contribution in [0, 0.1) is 18.8 Å². The van der Waals surface area contributed by atoms with E-state index in [2.05, 4.69) is 29.0 Å². The van der Waals surface area contributed by atoms with Crippen LogP contribution in [0.1, 0.15) is 25.1 Å². The third-order valence-electron chi connectivity index (χ3n) is 5.10. The first kappa shape index (κ1) is 13.6. The minimum atomic E-state index is -0.0477.